The van der Waals surface area contributed by atoms with E-state index in [4.69, 9.17) is 0 Å². The molecule has 3 atom stereocenters. The molecule has 16 heavy (non-hydrogen) atoms. The van der Waals surface area contributed by atoms with Crippen LogP contribution in [0.3, 0.4) is 0 Å². The molecule has 0 aromatic heterocycles. The summed E-state index contributed by atoms with van der Waals surface area (Å²) in [6.07, 6.45) is 14.5. The van der Waals surface area contributed by atoms with Crippen LogP contribution in [0, 0.1) is 23.2 Å². The van der Waals surface area contributed by atoms with Gasteiger partial charge in [0.1, 0.15) is 0 Å². The second kappa shape index (κ2) is 3.89. The topological polar surface area (TPSA) is 0 Å². The van der Waals surface area contributed by atoms with Gasteiger partial charge in [-0.1, -0.05) is 38.3 Å². The van der Waals surface area contributed by atoms with Crippen LogP contribution < -0.4 is 0 Å². The van der Waals surface area contributed by atoms with E-state index >= 15 is 0 Å². The second-order valence-corrected chi connectivity index (χ2v) is 6.72. The van der Waals surface area contributed by atoms with Crippen LogP contribution in [0.25, 0.3) is 0 Å². The predicted molar refractivity (Wildman–Crippen MR) is 69.3 cm³/mol. The Bertz CT molecular complexity index is 295. The molecule has 2 saturated carbocycles. The third-order valence-electron chi connectivity index (χ3n) is 5.82. The number of allylic oxidation sites excluding steroid dienone is 2. The highest BCUT2D eigenvalue weighted by Crippen LogP contribution is 2.59. The first kappa shape index (κ1) is 10.9. The Morgan fingerprint density at radius 2 is 2.12 bits per heavy atom. The van der Waals surface area contributed by atoms with E-state index < -0.39 is 0 Å². The minimum Gasteiger partial charge on any atom is -0.0847 e. The van der Waals surface area contributed by atoms with Gasteiger partial charge in [0.25, 0.3) is 0 Å². The summed E-state index contributed by atoms with van der Waals surface area (Å²) in [5, 5.41) is 0. The van der Waals surface area contributed by atoms with Gasteiger partial charge >= 0.3 is 0 Å². The zero-order valence-electron chi connectivity index (χ0n) is 11.0. The van der Waals surface area contributed by atoms with Crippen LogP contribution in [-0.2, 0) is 0 Å². The summed E-state index contributed by atoms with van der Waals surface area (Å²) in [4.78, 5) is 0. The first-order valence-corrected chi connectivity index (χ1v) is 7.43. The van der Waals surface area contributed by atoms with Crippen LogP contribution in [0.5, 0.6) is 0 Å². The van der Waals surface area contributed by atoms with Crippen molar-refractivity contribution in [2.24, 2.45) is 23.2 Å². The van der Waals surface area contributed by atoms with Gasteiger partial charge in [0.15, 0.2) is 0 Å². The minimum absolute atomic E-state index is 0.805. The SMILES string of the molecule is CCC1CC=C2CC3(CCCC2C1C)CC3. The Morgan fingerprint density at radius 1 is 1.31 bits per heavy atom. The lowest BCUT2D eigenvalue weighted by Gasteiger charge is -2.36. The van der Waals surface area contributed by atoms with Crippen molar-refractivity contribution in [2.45, 2.75) is 65.2 Å². The lowest BCUT2D eigenvalue weighted by Crippen LogP contribution is -2.25. The summed E-state index contributed by atoms with van der Waals surface area (Å²) in [6, 6.07) is 0. The van der Waals surface area contributed by atoms with Crippen LogP contribution in [0.2, 0.25) is 0 Å². The summed E-state index contributed by atoms with van der Waals surface area (Å²) >= 11 is 0. The Morgan fingerprint density at radius 3 is 2.81 bits per heavy atom. The van der Waals surface area contributed by atoms with Crippen molar-refractivity contribution in [3.05, 3.63) is 11.6 Å². The van der Waals surface area contributed by atoms with Gasteiger partial charge in [-0.25, -0.2) is 0 Å². The third kappa shape index (κ3) is 1.75. The van der Waals surface area contributed by atoms with Crippen LogP contribution >= 0.6 is 0 Å². The van der Waals surface area contributed by atoms with Crippen LogP contribution in [-0.4, -0.2) is 0 Å². The maximum absolute atomic E-state index is 2.64. The van der Waals surface area contributed by atoms with Crippen molar-refractivity contribution in [2.75, 3.05) is 0 Å². The normalized spacial score (nSPS) is 41.1. The van der Waals surface area contributed by atoms with Gasteiger partial charge in [-0.3, -0.25) is 0 Å². The fourth-order valence-corrected chi connectivity index (χ4v) is 4.35. The molecule has 0 heterocycles. The summed E-state index contributed by atoms with van der Waals surface area (Å²) < 4.78 is 0. The van der Waals surface area contributed by atoms with Crippen molar-refractivity contribution < 1.29 is 0 Å². The van der Waals surface area contributed by atoms with Gasteiger partial charge in [0, 0.05) is 0 Å². The molecule has 3 unspecified atom stereocenters. The van der Waals surface area contributed by atoms with Crippen LogP contribution in [0.4, 0.5) is 0 Å². The van der Waals surface area contributed by atoms with E-state index in [0.717, 1.165) is 23.2 Å². The number of hydrogen-bond acceptors (Lipinski definition) is 0. The Balaban J connectivity index is 1.81. The van der Waals surface area contributed by atoms with E-state index in [9.17, 15) is 0 Å². The highest BCUT2D eigenvalue weighted by molar-refractivity contribution is 5.19. The molecule has 0 nitrogen and oxygen atoms in total. The van der Waals surface area contributed by atoms with Crippen molar-refractivity contribution in [1.82, 2.24) is 0 Å². The lowest BCUT2D eigenvalue weighted by molar-refractivity contribution is 0.238. The quantitative estimate of drug-likeness (QED) is 0.546. The fraction of sp³-hybridized carbons (Fsp3) is 0.875. The molecule has 3 aliphatic carbocycles. The Hall–Kier alpha value is -0.260. The number of hydrogen-bond donors (Lipinski definition) is 0. The van der Waals surface area contributed by atoms with Gasteiger partial charge in [-0.2, -0.15) is 0 Å². The van der Waals surface area contributed by atoms with Gasteiger partial charge in [0.05, 0.1) is 0 Å². The van der Waals surface area contributed by atoms with E-state index in [1.807, 2.05) is 5.57 Å². The molecule has 0 aliphatic heterocycles. The highest BCUT2D eigenvalue weighted by atomic mass is 14.5. The highest BCUT2D eigenvalue weighted by Gasteiger charge is 2.46. The molecule has 2 fully saturated rings. The third-order valence-corrected chi connectivity index (χ3v) is 5.82. The maximum atomic E-state index is 2.64. The Kier molecular flexibility index (Phi) is 2.64. The molecule has 0 aromatic rings. The summed E-state index contributed by atoms with van der Waals surface area (Å²) in [5.74, 6) is 2.89. The molecule has 0 heteroatoms. The summed E-state index contributed by atoms with van der Waals surface area (Å²) in [6.45, 7) is 4.90. The summed E-state index contributed by atoms with van der Waals surface area (Å²) in [5.41, 5.74) is 2.67. The molecule has 0 saturated heterocycles. The fourth-order valence-electron chi connectivity index (χ4n) is 4.35. The average Bonchev–Trinajstić information content (AvgIpc) is 3.06. The zero-order chi connectivity index (χ0) is 11.2. The average molecular weight is 218 g/mol. The Labute approximate surface area is 101 Å². The van der Waals surface area contributed by atoms with E-state index in [0.29, 0.717) is 0 Å². The molecule has 3 aliphatic rings. The first-order valence-electron chi connectivity index (χ1n) is 7.43. The molecule has 90 valence electrons. The number of rotatable bonds is 1. The summed E-state index contributed by atoms with van der Waals surface area (Å²) in [7, 11) is 0. The van der Waals surface area contributed by atoms with Gasteiger partial charge < -0.3 is 0 Å². The second-order valence-electron chi connectivity index (χ2n) is 6.72. The van der Waals surface area contributed by atoms with Crippen molar-refractivity contribution in [3.8, 4) is 0 Å². The number of fused-ring (bicyclic) bond motifs is 1. The van der Waals surface area contributed by atoms with E-state index in [-0.39, 0.29) is 0 Å². The molecule has 0 bridgehead atoms. The smallest absolute Gasteiger partial charge is 0.0175 e. The van der Waals surface area contributed by atoms with E-state index in [1.54, 1.807) is 0 Å². The molecule has 0 amide bonds. The van der Waals surface area contributed by atoms with E-state index in [2.05, 4.69) is 19.9 Å². The van der Waals surface area contributed by atoms with Crippen molar-refractivity contribution >= 4 is 0 Å². The van der Waals surface area contributed by atoms with Gasteiger partial charge in [-0.05, 0) is 61.7 Å². The van der Waals surface area contributed by atoms with Crippen LogP contribution in [0.1, 0.15) is 65.2 Å². The molecule has 1 spiro atoms. The lowest BCUT2D eigenvalue weighted by atomic mass is 9.70. The zero-order valence-corrected chi connectivity index (χ0v) is 11.0. The standard InChI is InChI=1S/C16H26/c1-3-13-6-7-14-11-16(9-10-16)8-4-5-15(14)12(13)2/h7,12-13,15H,3-6,8-11H2,1-2H3. The molecular weight excluding hydrogens is 192 g/mol. The molecule has 0 aromatic carbocycles. The van der Waals surface area contributed by atoms with E-state index in [1.165, 1.54) is 51.4 Å². The molecule has 0 radical (unpaired) electrons. The van der Waals surface area contributed by atoms with Crippen molar-refractivity contribution in [3.63, 3.8) is 0 Å². The van der Waals surface area contributed by atoms with Crippen LogP contribution in [0.15, 0.2) is 11.6 Å². The molecule has 0 N–H and O–H groups in total. The maximum Gasteiger partial charge on any atom is -0.0175 e. The van der Waals surface area contributed by atoms with Gasteiger partial charge in [-0.15, -0.1) is 0 Å². The van der Waals surface area contributed by atoms with Gasteiger partial charge in [0.2, 0.25) is 0 Å². The molecular formula is C16H26. The largest absolute Gasteiger partial charge is 0.0847 e. The minimum atomic E-state index is 0.805. The molecule has 3 rings (SSSR count). The first-order chi connectivity index (χ1) is 7.74. The monoisotopic (exact) mass is 218 g/mol. The van der Waals surface area contributed by atoms with Crippen molar-refractivity contribution in [1.29, 1.82) is 0 Å². The predicted octanol–water partition coefficient (Wildman–Crippen LogP) is 4.95.